The van der Waals surface area contributed by atoms with Gasteiger partial charge in [0, 0.05) is 11.1 Å². The summed E-state index contributed by atoms with van der Waals surface area (Å²) < 4.78 is 5.48. The molecule has 1 unspecified atom stereocenters. The van der Waals surface area contributed by atoms with Gasteiger partial charge in [0.2, 0.25) is 0 Å². The molecule has 1 aromatic rings. The summed E-state index contributed by atoms with van der Waals surface area (Å²) in [4.78, 5) is 11.1. The van der Waals surface area contributed by atoms with Crippen LogP contribution in [0.1, 0.15) is 11.6 Å². The molecule has 82 valence electrons. The Kier molecular flexibility index (Phi) is 1.87. The molecule has 0 spiro atoms. The van der Waals surface area contributed by atoms with Crippen molar-refractivity contribution >= 4 is 6.03 Å². The number of nitrogens with one attached hydrogen (secondary N) is 1. The Bertz CT molecular complexity index is 484. The van der Waals surface area contributed by atoms with Gasteiger partial charge in [0.1, 0.15) is 5.75 Å². The number of urea groups is 1. The predicted octanol–water partition coefficient (Wildman–Crippen LogP) is 0.903. The number of hydrogen-bond acceptors (Lipinski definition) is 3. The number of carbonyl (C=O) groups is 1. The van der Waals surface area contributed by atoms with Gasteiger partial charge in [-0.2, -0.15) is 0 Å². The fraction of sp³-hybridized carbons (Fsp3) is 0.182. The van der Waals surface area contributed by atoms with Crippen molar-refractivity contribution in [3.05, 3.63) is 41.7 Å². The molecule has 0 bridgehead atoms. The Morgan fingerprint density at radius 3 is 3.12 bits per heavy atom. The van der Waals surface area contributed by atoms with E-state index in [1.54, 1.807) is 6.26 Å². The van der Waals surface area contributed by atoms with Crippen LogP contribution in [0.15, 0.2) is 36.1 Å². The number of primary amides is 1. The van der Waals surface area contributed by atoms with Crippen LogP contribution in [-0.4, -0.2) is 17.6 Å². The van der Waals surface area contributed by atoms with E-state index in [-0.39, 0.29) is 6.04 Å². The molecular formula is C11H11N3O2. The van der Waals surface area contributed by atoms with E-state index in [1.165, 1.54) is 5.01 Å². The van der Waals surface area contributed by atoms with Crippen LogP contribution in [0.25, 0.3) is 0 Å². The van der Waals surface area contributed by atoms with Crippen LogP contribution >= 0.6 is 0 Å². The third kappa shape index (κ3) is 1.25. The van der Waals surface area contributed by atoms with Crippen molar-refractivity contribution in [1.29, 1.82) is 0 Å². The summed E-state index contributed by atoms with van der Waals surface area (Å²) in [6.07, 6.45) is 1.68. The first-order valence-corrected chi connectivity index (χ1v) is 5.03. The summed E-state index contributed by atoms with van der Waals surface area (Å²) >= 11 is 0. The van der Waals surface area contributed by atoms with Crippen LogP contribution in [-0.2, 0) is 0 Å². The Balaban J connectivity index is 1.98. The first-order chi connectivity index (χ1) is 7.75. The van der Waals surface area contributed by atoms with Gasteiger partial charge in [-0.05, 0) is 6.07 Å². The first-order valence-electron chi connectivity index (χ1n) is 5.03. The number of hydrogen-bond donors (Lipinski definition) is 2. The summed E-state index contributed by atoms with van der Waals surface area (Å²) in [7, 11) is 0. The topological polar surface area (TPSA) is 67.6 Å². The van der Waals surface area contributed by atoms with Gasteiger partial charge in [-0.15, -0.1) is 0 Å². The number of para-hydroxylation sites is 1. The lowest BCUT2D eigenvalue weighted by molar-refractivity contribution is 0.197. The highest BCUT2D eigenvalue weighted by Crippen LogP contribution is 2.37. The maximum Gasteiger partial charge on any atom is 0.329 e. The number of amides is 2. The zero-order chi connectivity index (χ0) is 11.1. The molecule has 1 fully saturated rings. The minimum absolute atomic E-state index is 0.00236. The molecule has 2 aliphatic rings. The van der Waals surface area contributed by atoms with Crippen LogP contribution in [0.3, 0.4) is 0 Å². The molecule has 0 aromatic heterocycles. The molecule has 2 aliphatic heterocycles. The van der Waals surface area contributed by atoms with Crippen LogP contribution in [0, 0.1) is 0 Å². The minimum Gasteiger partial charge on any atom is -0.465 e. The zero-order valence-corrected chi connectivity index (χ0v) is 8.51. The van der Waals surface area contributed by atoms with Gasteiger partial charge in [-0.3, -0.25) is 5.01 Å². The van der Waals surface area contributed by atoms with Crippen LogP contribution in [0.2, 0.25) is 0 Å². The summed E-state index contributed by atoms with van der Waals surface area (Å²) in [6, 6.07) is 7.25. The van der Waals surface area contributed by atoms with Crippen LogP contribution < -0.4 is 15.9 Å². The third-order valence-electron chi connectivity index (χ3n) is 2.83. The molecule has 1 saturated heterocycles. The molecule has 1 aromatic carbocycles. The van der Waals surface area contributed by atoms with Gasteiger partial charge in [0.05, 0.1) is 18.8 Å². The van der Waals surface area contributed by atoms with Crippen molar-refractivity contribution < 1.29 is 9.53 Å². The maximum absolute atomic E-state index is 11.1. The summed E-state index contributed by atoms with van der Waals surface area (Å²) in [5, 5.41) is 1.39. The normalized spacial score (nSPS) is 21.9. The summed E-state index contributed by atoms with van der Waals surface area (Å²) in [5.74, 6) is 0.815. The molecule has 0 radical (unpaired) electrons. The quantitative estimate of drug-likeness (QED) is 0.678. The van der Waals surface area contributed by atoms with E-state index in [0.717, 1.165) is 16.9 Å². The lowest BCUT2D eigenvalue weighted by Crippen LogP contribution is -2.41. The van der Waals surface area contributed by atoms with E-state index in [9.17, 15) is 4.79 Å². The highest BCUT2D eigenvalue weighted by atomic mass is 16.5. The summed E-state index contributed by atoms with van der Waals surface area (Å²) in [5.41, 5.74) is 10.3. The van der Waals surface area contributed by atoms with Gasteiger partial charge in [-0.1, -0.05) is 18.2 Å². The van der Waals surface area contributed by atoms with E-state index in [4.69, 9.17) is 10.5 Å². The smallest absolute Gasteiger partial charge is 0.329 e. The van der Waals surface area contributed by atoms with Gasteiger partial charge in [0.25, 0.3) is 0 Å². The van der Waals surface area contributed by atoms with Gasteiger partial charge in [-0.25, -0.2) is 10.2 Å². The summed E-state index contributed by atoms with van der Waals surface area (Å²) in [6.45, 7) is 0.467. The molecule has 5 nitrogen and oxygen atoms in total. The van der Waals surface area contributed by atoms with Crippen molar-refractivity contribution in [1.82, 2.24) is 10.4 Å². The van der Waals surface area contributed by atoms with E-state index < -0.39 is 6.03 Å². The molecule has 16 heavy (non-hydrogen) atoms. The number of nitrogens with two attached hydrogens (primary N) is 1. The number of hydrazine groups is 1. The molecular weight excluding hydrogens is 206 g/mol. The number of benzene rings is 1. The third-order valence-corrected chi connectivity index (χ3v) is 2.83. The van der Waals surface area contributed by atoms with Crippen LogP contribution in [0.4, 0.5) is 4.79 Å². The Morgan fingerprint density at radius 1 is 1.50 bits per heavy atom. The monoisotopic (exact) mass is 217 g/mol. The molecule has 2 heterocycles. The SMILES string of the molecule is NC(=O)N1CC2=COc3ccccc3C2N1. The number of rotatable bonds is 0. The minimum atomic E-state index is -0.479. The van der Waals surface area contributed by atoms with Crippen molar-refractivity contribution in [3.63, 3.8) is 0 Å². The zero-order valence-electron chi connectivity index (χ0n) is 8.51. The van der Waals surface area contributed by atoms with Gasteiger partial charge >= 0.3 is 6.03 Å². The highest BCUT2D eigenvalue weighted by Gasteiger charge is 2.34. The number of fused-ring (bicyclic) bond motifs is 3. The lowest BCUT2D eigenvalue weighted by Gasteiger charge is -2.20. The number of nitrogens with zero attached hydrogens (tertiary/aromatic N) is 1. The highest BCUT2D eigenvalue weighted by molar-refractivity contribution is 5.72. The second kappa shape index (κ2) is 3.24. The van der Waals surface area contributed by atoms with Crippen LogP contribution in [0.5, 0.6) is 5.75 Å². The van der Waals surface area contributed by atoms with Crippen molar-refractivity contribution in [3.8, 4) is 5.75 Å². The fourth-order valence-electron chi connectivity index (χ4n) is 2.04. The van der Waals surface area contributed by atoms with E-state index in [2.05, 4.69) is 5.43 Å². The Hall–Kier alpha value is -2.01. The van der Waals surface area contributed by atoms with Gasteiger partial charge in [0.15, 0.2) is 0 Å². The standard InChI is InChI=1S/C11H11N3O2/c12-11(15)14-5-7-6-16-9-4-2-1-3-8(9)10(7)13-14/h1-4,6,10,13H,5H2,(H2,12,15). The average molecular weight is 217 g/mol. The van der Waals surface area contributed by atoms with E-state index in [1.807, 2.05) is 24.3 Å². The van der Waals surface area contributed by atoms with Crippen molar-refractivity contribution in [2.45, 2.75) is 6.04 Å². The molecule has 5 heteroatoms. The average Bonchev–Trinajstić information content (AvgIpc) is 2.73. The number of ether oxygens (including phenoxy) is 1. The molecule has 3 rings (SSSR count). The maximum atomic E-state index is 11.1. The molecule has 2 amide bonds. The molecule has 0 saturated carbocycles. The van der Waals surface area contributed by atoms with Gasteiger partial charge < -0.3 is 10.5 Å². The molecule has 0 aliphatic carbocycles. The first kappa shape index (κ1) is 9.23. The Morgan fingerprint density at radius 2 is 2.31 bits per heavy atom. The molecule has 3 N–H and O–H groups in total. The predicted molar refractivity (Wildman–Crippen MR) is 57.3 cm³/mol. The van der Waals surface area contributed by atoms with Crippen molar-refractivity contribution in [2.75, 3.05) is 6.54 Å². The van der Waals surface area contributed by atoms with Crippen molar-refractivity contribution in [2.24, 2.45) is 5.73 Å². The lowest BCUT2D eigenvalue weighted by atomic mass is 9.99. The second-order valence-electron chi connectivity index (χ2n) is 3.83. The Labute approximate surface area is 92.4 Å². The molecule has 1 atom stereocenters. The van der Waals surface area contributed by atoms with E-state index in [0.29, 0.717) is 6.54 Å². The largest absolute Gasteiger partial charge is 0.465 e. The van der Waals surface area contributed by atoms with E-state index >= 15 is 0 Å². The number of carbonyl (C=O) groups excluding carboxylic acids is 1. The fourth-order valence-corrected chi connectivity index (χ4v) is 2.04. The second-order valence-corrected chi connectivity index (χ2v) is 3.83.